The third-order valence-electron chi connectivity index (χ3n) is 2.02. The molecule has 1 rings (SSSR count). The lowest BCUT2D eigenvalue weighted by atomic mass is 10.6. The summed E-state index contributed by atoms with van der Waals surface area (Å²) in [5.74, 6) is 0. The molecular formula is C7H17O6P3. The maximum absolute atomic E-state index is 12.1. The highest BCUT2D eigenvalue weighted by Crippen LogP contribution is 2.81. The van der Waals surface area contributed by atoms with E-state index < -0.39 is 22.8 Å². The SMILES string of the molecule is CCCP1(=O)OP(=O)(CC)OP(=O)(CC)O1. The van der Waals surface area contributed by atoms with E-state index in [0.717, 1.165) is 0 Å². The molecule has 1 aliphatic heterocycles. The molecule has 2 atom stereocenters. The highest BCUT2D eigenvalue weighted by atomic mass is 31.3. The van der Waals surface area contributed by atoms with Gasteiger partial charge in [-0.05, 0) is 6.42 Å². The Bertz CT molecular complexity index is 362. The van der Waals surface area contributed by atoms with Gasteiger partial charge in [0, 0.05) is 12.3 Å². The maximum atomic E-state index is 12.1. The summed E-state index contributed by atoms with van der Waals surface area (Å²) in [4.78, 5) is 0. The molecule has 0 saturated carbocycles. The fourth-order valence-corrected chi connectivity index (χ4v) is 9.96. The first-order chi connectivity index (χ1) is 7.30. The van der Waals surface area contributed by atoms with Crippen LogP contribution in [-0.2, 0) is 26.6 Å². The fraction of sp³-hybridized carbons (Fsp3) is 1.00. The van der Waals surface area contributed by atoms with Gasteiger partial charge in [0.2, 0.25) is 0 Å². The van der Waals surface area contributed by atoms with Crippen LogP contribution in [0.4, 0.5) is 0 Å². The maximum Gasteiger partial charge on any atom is 0.345 e. The largest absolute Gasteiger partial charge is 0.345 e. The van der Waals surface area contributed by atoms with Crippen LogP contribution < -0.4 is 0 Å². The van der Waals surface area contributed by atoms with Crippen LogP contribution in [0.2, 0.25) is 0 Å². The van der Waals surface area contributed by atoms with E-state index >= 15 is 0 Å². The van der Waals surface area contributed by atoms with Gasteiger partial charge in [-0.3, -0.25) is 13.7 Å². The molecule has 0 aromatic rings. The predicted octanol–water partition coefficient (Wildman–Crippen LogP) is 4.08. The molecule has 0 aromatic carbocycles. The minimum atomic E-state index is -3.54. The van der Waals surface area contributed by atoms with E-state index in [2.05, 4.69) is 0 Å². The summed E-state index contributed by atoms with van der Waals surface area (Å²) >= 11 is 0. The Morgan fingerprint density at radius 2 is 1.12 bits per heavy atom. The molecular weight excluding hydrogens is 273 g/mol. The van der Waals surface area contributed by atoms with Crippen molar-refractivity contribution in [3.8, 4) is 0 Å². The lowest BCUT2D eigenvalue weighted by Crippen LogP contribution is -2.09. The van der Waals surface area contributed by atoms with E-state index in [1.165, 1.54) is 0 Å². The molecule has 0 bridgehead atoms. The Morgan fingerprint density at radius 3 is 1.44 bits per heavy atom. The zero-order valence-corrected chi connectivity index (χ0v) is 12.3. The van der Waals surface area contributed by atoms with Crippen LogP contribution in [0.15, 0.2) is 0 Å². The molecule has 1 heterocycles. The molecule has 1 saturated heterocycles. The molecule has 2 unspecified atom stereocenters. The van der Waals surface area contributed by atoms with E-state index in [9.17, 15) is 13.7 Å². The van der Waals surface area contributed by atoms with Gasteiger partial charge in [-0.15, -0.1) is 0 Å². The zero-order chi connectivity index (χ0) is 12.4. The van der Waals surface area contributed by atoms with Crippen molar-refractivity contribution in [1.29, 1.82) is 0 Å². The number of hydrogen-bond donors (Lipinski definition) is 0. The highest BCUT2D eigenvalue weighted by molar-refractivity contribution is 7.80. The van der Waals surface area contributed by atoms with E-state index in [1.807, 2.05) is 0 Å². The van der Waals surface area contributed by atoms with Crippen molar-refractivity contribution >= 4 is 22.8 Å². The fourth-order valence-electron chi connectivity index (χ4n) is 1.20. The summed E-state index contributed by atoms with van der Waals surface area (Å²) in [6.07, 6.45) is 0.706. The van der Waals surface area contributed by atoms with Crippen LogP contribution in [0.5, 0.6) is 0 Å². The molecule has 0 spiro atoms. The monoisotopic (exact) mass is 290 g/mol. The molecule has 6 nitrogen and oxygen atoms in total. The van der Waals surface area contributed by atoms with Gasteiger partial charge >= 0.3 is 22.8 Å². The van der Waals surface area contributed by atoms with Gasteiger partial charge in [-0.25, -0.2) is 12.9 Å². The molecule has 0 aromatic heterocycles. The topological polar surface area (TPSA) is 78.9 Å². The Labute approximate surface area is 95.7 Å². The smallest absolute Gasteiger partial charge is 0.259 e. The van der Waals surface area contributed by atoms with Gasteiger partial charge in [0.25, 0.3) is 0 Å². The van der Waals surface area contributed by atoms with E-state index in [-0.39, 0.29) is 18.5 Å². The summed E-state index contributed by atoms with van der Waals surface area (Å²) in [6, 6.07) is 0. The van der Waals surface area contributed by atoms with E-state index in [0.29, 0.717) is 6.42 Å². The summed E-state index contributed by atoms with van der Waals surface area (Å²) in [5.41, 5.74) is 0. The van der Waals surface area contributed by atoms with E-state index in [4.69, 9.17) is 12.9 Å². The second-order valence-electron chi connectivity index (χ2n) is 3.43. The predicted molar refractivity (Wildman–Crippen MR) is 62.3 cm³/mol. The van der Waals surface area contributed by atoms with Crippen molar-refractivity contribution < 1.29 is 26.6 Å². The van der Waals surface area contributed by atoms with Gasteiger partial charge in [-0.2, -0.15) is 0 Å². The van der Waals surface area contributed by atoms with Gasteiger partial charge < -0.3 is 0 Å². The molecule has 0 aliphatic carbocycles. The van der Waals surface area contributed by atoms with Crippen molar-refractivity contribution in [3.05, 3.63) is 0 Å². The van der Waals surface area contributed by atoms with Crippen LogP contribution in [0.1, 0.15) is 27.2 Å². The van der Waals surface area contributed by atoms with Gasteiger partial charge in [0.05, 0.1) is 6.16 Å². The van der Waals surface area contributed by atoms with E-state index in [1.54, 1.807) is 20.8 Å². The molecule has 0 amide bonds. The standard InChI is InChI=1S/C7H17O6P3/c1-4-7-16(10)12-14(8,5-2)11-15(9,6-3)13-16/h4-7H2,1-3H3. The first kappa shape index (κ1) is 14.6. The average Bonchev–Trinajstić information content (AvgIpc) is 2.16. The quantitative estimate of drug-likeness (QED) is 0.726. The van der Waals surface area contributed by atoms with Crippen LogP contribution >= 0.6 is 22.8 Å². The van der Waals surface area contributed by atoms with Gasteiger partial charge in [0.1, 0.15) is 0 Å². The lowest BCUT2D eigenvalue weighted by Gasteiger charge is -2.33. The number of rotatable bonds is 4. The highest BCUT2D eigenvalue weighted by Gasteiger charge is 2.50. The van der Waals surface area contributed by atoms with Crippen molar-refractivity contribution in [2.75, 3.05) is 18.5 Å². The second-order valence-corrected chi connectivity index (χ2v) is 10.8. The second kappa shape index (κ2) is 5.06. The molecule has 16 heavy (non-hydrogen) atoms. The van der Waals surface area contributed by atoms with Gasteiger partial charge in [0.15, 0.2) is 0 Å². The molecule has 1 fully saturated rings. The molecule has 1 aliphatic rings. The Kier molecular flexibility index (Phi) is 4.62. The lowest BCUT2D eigenvalue weighted by molar-refractivity contribution is 0.278. The van der Waals surface area contributed by atoms with Crippen molar-refractivity contribution in [1.82, 2.24) is 0 Å². The third kappa shape index (κ3) is 3.29. The summed E-state index contributed by atoms with van der Waals surface area (Å²) in [6.45, 7) is 4.93. The Morgan fingerprint density at radius 1 is 0.750 bits per heavy atom. The van der Waals surface area contributed by atoms with Crippen LogP contribution in [0.25, 0.3) is 0 Å². The summed E-state index contributed by atoms with van der Waals surface area (Å²) in [7, 11) is -10.6. The molecule has 0 N–H and O–H groups in total. The van der Waals surface area contributed by atoms with Gasteiger partial charge in [-0.1, -0.05) is 20.8 Å². The van der Waals surface area contributed by atoms with Crippen molar-refractivity contribution in [2.45, 2.75) is 27.2 Å². The normalized spacial score (nSPS) is 44.4. The Balaban J connectivity index is 3.06. The van der Waals surface area contributed by atoms with Crippen LogP contribution in [-0.4, -0.2) is 18.5 Å². The first-order valence-corrected chi connectivity index (χ1v) is 10.4. The van der Waals surface area contributed by atoms with Crippen molar-refractivity contribution in [2.24, 2.45) is 0 Å². The summed E-state index contributed by atoms with van der Waals surface area (Å²) < 4.78 is 50.9. The van der Waals surface area contributed by atoms with Crippen LogP contribution in [0.3, 0.4) is 0 Å². The average molecular weight is 290 g/mol. The molecule has 9 heteroatoms. The zero-order valence-electron chi connectivity index (χ0n) is 9.62. The number of hydrogen-bond acceptors (Lipinski definition) is 6. The summed E-state index contributed by atoms with van der Waals surface area (Å²) in [5, 5.41) is 0. The minimum Gasteiger partial charge on any atom is -0.259 e. The van der Waals surface area contributed by atoms with Crippen LogP contribution in [0, 0.1) is 0 Å². The molecule has 96 valence electrons. The Hall–Kier alpha value is 0.570. The third-order valence-corrected chi connectivity index (χ3v) is 10.5. The van der Waals surface area contributed by atoms with Crippen molar-refractivity contribution in [3.63, 3.8) is 0 Å². The first-order valence-electron chi connectivity index (χ1n) is 5.21. The molecule has 0 radical (unpaired) electrons. The minimum absolute atomic E-state index is 0.0358.